The molecule has 1 atom stereocenters. The summed E-state index contributed by atoms with van der Waals surface area (Å²) in [6, 6.07) is 11.3. The van der Waals surface area contributed by atoms with E-state index in [1.54, 1.807) is 6.07 Å². The van der Waals surface area contributed by atoms with Crippen molar-refractivity contribution in [1.82, 2.24) is 9.13 Å². The highest BCUT2D eigenvalue weighted by atomic mass is 16.1. The fourth-order valence-electron chi connectivity index (χ4n) is 3.57. The maximum absolute atomic E-state index is 13.2. The van der Waals surface area contributed by atoms with Crippen LogP contribution < -0.4 is 0 Å². The monoisotopic (exact) mass is 295 g/mol. The van der Waals surface area contributed by atoms with Crippen molar-refractivity contribution >= 4 is 16.7 Å². The van der Waals surface area contributed by atoms with Gasteiger partial charge in [-0.05, 0) is 38.0 Å². The molecule has 3 aromatic rings. The molecule has 22 heavy (non-hydrogen) atoms. The molecule has 112 valence electrons. The van der Waals surface area contributed by atoms with Crippen molar-refractivity contribution in [3.05, 3.63) is 59.5 Å². The van der Waals surface area contributed by atoms with Crippen LogP contribution in [0.2, 0.25) is 0 Å². The number of aryl methyl sites for hydroxylation is 2. The Labute approximate surface area is 134 Å². The van der Waals surface area contributed by atoms with Crippen molar-refractivity contribution in [3.8, 4) is 0 Å². The van der Waals surface area contributed by atoms with Gasteiger partial charge in [0.1, 0.15) is 0 Å². The number of nitrogens with zero attached hydrogens (tertiary/aromatic N) is 2. The minimum absolute atomic E-state index is 0.0635. The van der Waals surface area contributed by atoms with E-state index < -0.39 is 6.98 Å². The summed E-state index contributed by atoms with van der Waals surface area (Å²) in [6.45, 7) is 0.390. The molecule has 0 spiro atoms. The zero-order valence-electron chi connectivity index (χ0n) is 15.5. The molecular weight excluding hydrogens is 272 g/mol. The van der Waals surface area contributed by atoms with Gasteiger partial charge in [0.25, 0.3) is 0 Å². The number of ketones is 1. The Morgan fingerprint density at radius 1 is 1.27 bits per heavy atom. The molecule has 2 heterocycles. The number of aromatic nitrogens is 2. The standard InChI is InChI=1S/C19H20N2O/c1-13-6-5-11-21(13)12-14-9-10-17-18(19(14)22)15-7-3-4-8-16(15)20(17)2/h3-8,11,14H,9-10,12H2,1-2H3/i2D3. The highest BCUT2D eigenvalue weighted by Gasteiger charge is 2.32. The lowest BCUT2D eigenvalue weighted by Gasteiger charge is -2.23. The Balaban J connectivity index is 1.83. The van der Waals surface area contributed by atoms with Crippen molar-refractivity contribution in [3.63, 3.8) is 0 Å². The van der Waals surface area contributed by atoms with Gasteiger partial charge in [-0.3, -0.25) is 4.79 Å². The fraction of sp³-hybridized carbons (Fsp3) is 0.316. The van der Waals surface area contributed by atoms with Gasteiger partial charge in [0.05, 0.1) is 0 Å². The molecule has 0 bridgehead atoms. The molecule has 3 nitrogen and oxygen atoms in total. The summed E-state index contributed by atoms with van der Waals surface area (Å²) in [5, 5.41) is 0.757. The molecule has 0 radical (unpaired) electrons. The van der Waals surface area contributed by atoms with Crippen LogP contribution in [-0.4, -0.2) is 14.9 Å². The second-order valence-electron chi connectivity index (χ2n) is 6.08. The molecule has 3 heteroatoms. The van der Waals surface area contributed by atoms with Crippen molar-refractivity contribution in [2.45, 2.75) is 26.3 Å². The van der Waals surface area contributed by atoms with Crippen LogP contribution in [0.25, 0.3) is 10.9 Å². The number of carbonyl (C=O) groups excluding carboxylic acids is 1. The number of para-hydroxylation sites is 1. The molecule has 1 aromatic carbocycles. The van der Waals surface area contributed by atoms with Gasteiger partial charge in [-0.1, -0.05) is 18.2 Å². The lowest BCUT2D eigenvalue weighted by atomic mass is 9.85. The van der Waals surface area contributed by atoms with Crippen molar-refractivity contribution < 1.29 is 8.91 Å². The van der Waals surface area contributed by atoms with Crippen LogP contribution >= 0.6 is 0 Å². The Hall–Kier alpha value is -2.29. The maximum atomic E-state index is 13.2. The smallest absolute Gasteiger partial charge is 0.170 e. The van der Waals surface area contributed by atoms with Crippen LogP contribution in [0.1, 0.15) is 32.3 Å². The van der Waals surface area contributed by atoms with E-state index in [0.717, 1.165) is 11.1 Å². The highest BCUT2D eigenvalue weighted by Crippen LogP contribution is 2.34. The van der Waals surface area contributed by atoms with Crippen LogP contribution in [0.5, 0.6) is 0 Å². The first-order valence-electron chi connectivity index (χ1n) is 9.16. The average Bonchev–Trinajstić information content (AvgIpc) is 3.11. The Morgan fingerprint density at radius 3 is 2.91 bits per heavy atom. The number of fused-ring (bicyclic) bond motifs is 3. The molecule has 1 unspecified atom stereocenters. The molecule has 0 amide bonds. The largest absolute Gasteiger partial charge is 0.351 e. The van der Waals surface area contributed by atoms with Gasteiger partial charge >= 0.3 is 0 Å². The molecule has 0 aliphatic heterocycles. The van der Waals surface area contributed by atoms with Crippen LogP contribution in [0.3, 0.4) is 0 Å². The third-order valence-corrected chi connectivity index (χ3v) is 4.79. The SMILES string of the molecule is [2H]C([2H])([2H])n1c2c(c3ccccc31)C(=O)C(Cn1cccc1C)CC2. The lowest BCUT2D eigenvalue weighted by molar-refractivity contribution is 0.0888. The molecule has 1 aliphatic carbocycles. The quantitative estimate of drug-likeness (QED) is 0.707. The third kappa shape index (κ3) is 1.85. The Bertz CT molecular complexity index is 965. The van der Waals surface area contributed by atoms with Gasteiger partial charge in [0.2, 0.25) is 0 Å². The molecular formula is C19H20N2O. The summed E-state index contributed by atoms with van der Waals surface area (Å²) in [7, 11) is 0. The van der Waals surface area contributed by atoms with E-state index in [1.807, 2.05) is 43.5 Å². The molecule has 0 fully saturated rings. The number of hydrogen-bond acceptors (Lipinski definition) is 1. The van der Waals surface area contributed by atoms with Gasteiger partial charge in [-0.15, -0.1) is 0 Å². The van der Waals surface area contributed by atoms with E-state index in [-0.39, 0.29) is 11.7 Å². The number of hydrogen-bond donors (Lipinski definition) is 0. The van der Waals surface area contributed by atoms with Crippen molar-refractivity contribution in [2.24, 2.45) is 12.9 Å². The van der Waals surface area contributed by atoms with Crippen LogP contribution in [-0.2, 0) is 19.9 Å². The number of Topliss-reactive ketones (excluding diaryl/α,β-unsaturated/α-hetero) is 1. The minimum Gasteiger partial charge on any atom is -0.351 e. The number of rotatable bonds is 2. The zero-order valence-corrected chi connectivity index (χ0v) is 12.5. The van der Waals surface area contributed by atoms with E-state index in [4.69, 9.17) is 4.11 Å². The first kappa shape index (κ1) is 10.4. The lowest BCUT2D eigenvalue weighted by Crippen LogP contribution is -2.27. The van der Waals surface area contributed by atoms with Gasteiger partial charge in [0.15, 0.2) is 5.78 Å². The van der Waals surface area contributed by atoms with Gasteiger partial charge < -0.3 is 9.13 Å². The first-order chi connectivity index (χ1) is 11.9. The second-order valence-corrected chi connectivity index (χ2v) is 6.08. The summed E-state index contributed by atoms with van der Waals surface area (Å²) in [5.41, 5.74) is 3.02. The van der Waals surface area contributed by atoms with E-state index in [9.17, 15) is 4.79 Å². The Morgan fingerprint density at radius 2 is 2.14 bits per heavy atom. The summed E-state index contributed by atoms with van der Waals surface area (Å²) >= 11 is 0. The topological polar surface area (TPSA) is 26.9 Å². The molecule has 1 aliphatic rings. The summed E-state index contributed by atoms with van der Waals surface area (Å²) in [5.74, 6) is -0.0528. The third-order valence-electron chi connectivity index (χ3n) is 4.79. The number of carbonyl (C=O) groups is 1. The summed E-state index contributed by atoms with van der Waals surface area (Å²) in [4.78, 5) is 13.2. The second kappa shape index (κ2) is 4.87. The summed E-state index contributed by atoms with van der Waals surface area (Å²) in [6.07, 6.45) is 3.28. The van der Waals surface area contributed by atoms with E-state index >= 15 is 0 Å². The van der Waals surface area contributed by atoms with E-state index in [0.29, 0.717) is 36.2 Å². The van der Waals surface area contributed by atoms with Crippen molar-refractivity contribution in [1.29, 1.82) is 0 Å². The van der Waals surface area contributed by atoms with E-state index in [1.165, 1.54) is 4.57 Å². The van der Waals surface area contributed by atoms with Crippen molar-refractivity contribution in [2.75, 3.05) is 0 Å². The molecule has 2 aromatic heterocycles. The van der Waals surface area contributed by atoms with Crippen LogP contribution in [0.4, 0.5) is 0 Å². The molecule has 4 rings (SSSR count). The zero-order chi connectivity index (χ0) is 17.8. The maximum Gasteiger partial charge on any atom is 0.170 e. The fourth-order valence-corrected chi connectivity index (χ4v) is 3.57. The van der Waals surface area contributed by atoms with Crippen LogP contribution in [0.15, 0.2) is 42.6 Å². The first-order valence-corrected chi connectivity index (χ1v) is 7.66. The molecule has 0 saturated heterocycles. The van der Waals surface area contributed by atoms with Gasteiger partial charge in [-0.25, -0.2) is 0 Å². The van der Waals surface area contributed by atoms with Gasteiger partial charge in [-0.2, -0.15) is 0 Å². The van der Waals surface area contributed by atoms with Crippen LogP contribution in [0, 0.1) is 12.8 Å². The molecule has 0 saturated carbocycles. The predicted molar refractivity (Wildman–Crippen MR) is 88.2 cm³/mol. The number of benzene rings is 1. The highest BCUT2D eigenvalue weighted by molar-refractivity contribution is 6.11. The normalized spacial score (nSPS) is 20.5. The predicted octanol–water partition coefficient (Wildman–Crippen LogP) is 3.73. The van der Waals surface area contributed by atoms with E-state index in [2.05, 4.69) is 4.57 Å². The Kier molecular flexibility index (Phi) is 2.31. The average molecular weight is 295 g/mol. The minimum atomic E-state index is -2.28. The van der Waals surface area contributed by atoms with Gasteiger partial charge in [0, 0.05) is 57.6 Å². The molecule has 0 N–H and O–H groups in total. The summed E-state index contributed by atoms with van der Waals surface area (Å²) < 4.78 is 27.2.